The molecule has 1 aliphatic rings. The third-order valence-electron chi connectivity index (χ3n) is 5.65. The van der Waals surface area contributed by atoms with Crippen LogP contribution in [0, 0.1) is 19.8 Å². The third kappa shape index (κ3) is 7.47. The lowest BCUT2D eigenvalue weighted by molar-refractivity contribution is -0.143. The number of alkyl carbamates (subject to hydrolysis) is 1. The molecule has 1 fully saturated rings. The van der Waals surface area contributed by atoms with E-state index in [1.54, 1.807) is 32.6 Å². The summed E-state index contributed by atoms with van der Waals surface area (Å²) in [5.74, 6) is -0.260. The monoisotopic (exact) mass is 459 g/mol. The van der Waals surface area contributed by atoms with Crippen LogP contribution in [0.1, 0.15) is 84.5 Å². The van der Waals surface area contributed by atoms with Crippen molar-refractivity contribution in [2.75, 3.05) is 0 Å². The number of hydrogen-bond donors (Lipinski definition) is 2. The van der Waals surface area contributed by atoms with E-state index in [4.69, 9.17) is 4.74 Å². The number of amides is 3. The standard InChI is InChI=1S/C26H41N3O4/c1-15-11-12-19(13-16(15)2)21(22(30)28-25(5,6)7)29(20-14-17(20)3)23(31)18(4)27-24(32)33-26(8,9)10/h11-13,17-18,20-21H,14H2,1-10H3,(H,27,32)(H,28,30). The van der Waals surface area contributed by atoms with Crippen LogP contribution in [0.3, 0.4) is 0 Å². The van der Waals surface area contributed by atoms with Crippen LogP contribution >= 0.6 is 0 Å². The summed E-state index contributed by atoms with van der Waals surface area (Å²) in [5.41, 5.74) is 1.80. The number of nitrogens with one attached hydrogen (secondary N) is 2. The third-order valence-corrected chi connectivity index (χ3v) is 5.65. The van der Waals surface area contributed by atoms with Crippen molar-refractivity contribution in [2.24, 2.45) is 5.92 Å². The molecule has 7 heteroatoms. The van der Waals surface area contributed by atoms with Crippen molar-refractivity contribution in [3.63, 3.8) is 0 Å². The number of rotatable bonds is 6. The predicted molar refractivity (Wildman–Crippen MR) is 130 cm³/mol. The van der Waals surface area contributed by atoms with Gasteiger partial charge in [-0.05, 0) is 91.3 Å². The van der Waals surface area contributed by atoms with Gasteiger partial charge in [-0.3, -0.25) is 9.59 Å². The lowest BCUT2D eigenvalue weighted by atomic mass is 9.97. The van der Waals surface area contributed by atoms with Gasteiger partial charge in [0.05, 0.1) is 0 Å². The summed E-state index contributed by atoms with van der Waals surface area (Å²) >= 11 is 0. The highest BCUT2D eigenvalue weighted by atomic mass is 16.6. The van der Waals surface area contributed by atoms with Gasteiger partial charge in [0.15, 0.2) is 0 Å². The van der Waals surface area contributed by atoms with Crippen LogP contribution < -0.4 is 10.6 Å². The molecule has 0 spiro atoms. The van der Waals surface area contributed by atoms with E-state index in [9.17, 15) is 14.4 Å². The molecule has 33 heavy (non-hydrogen) atoms. The second kappa shape index (κ2) is 9.74. The molecule has 1 aliphatic carbocycles. The summed E-state index contributed by atoms with van der Waals surface area (Å²) in [5, 5.41) is 5.69. The van der Waals surface area contributed by atoms with Crippen molar-refractivity contribution >= 4 is 17.9 Å². The van der Waals surface area contributed by atoms with Gasteiger partial charge >= 0.3 is 6.09 Å². The summed E-state index contributed by atoms with van der Waals surface area (Å²) < 4.78 is 5.32. The molecule has 1 aromatic rings. The molecule has 2 N–H and O–H groups in total. The minimum Gasteiger partial charge on any atom is -0.444 e. The van der Waals surface area contributed by atoms with Crippen molar-refractivity contribution in [1.82, 2.24) is 15.5 Å². The average Bonchev–Trinajstić information content (AvgIpc) is 3.34. The molecule has 0 heterocycles. The fourth-order valence-corrected chi connectivity index (χ4v) is 3.75. The van der Waals surface area contributed by atoms with E-state index in [-0.39, 0.29) is 23.8 Å². The van der Waals surface area contributed by atoms with E-state index in [1.165, 1.54) is 0 Å². The van der Waals surface area contributed by atoms with Gasteiger partial charge in [0.1, 0.15) is 17.7 Å². The van der Waals surface area contributed by atoms with Crippen molar-refractivity contribution in [3.8, 4) is 0 Å². The van der Waals surface area contributed by atoms with Crippen molar-refractivity contribution in [2.45, 2.75) is 105 Å². The molecule has 2 rings (SSSR count). The Bertz CT molecular complexity index is 898. The minimum atomic E-state index is -0.843. The Morgan fingerprint density at radius 2 is 1.64 bits per heavy atom. The van der Waals surface area contributed by atoms with E-state index in [0.29, 0.717) is 0 Å². The van der Waals surface area contributed by atoms with Crippen LogP contribution in [0.5, 0.6) is 0 Å². The summed E-state index contributed by atoms with van der Waals surface area (Å²) in [6.07, 6.45) is 0.156. The molecule has 184 valence electrons. The van der Waals surface area contributed by atoms with Gasteiger partial charge in [-0.2, -0.15) is 0 Å². The zero-order valence-corrected chi connectivity index (χ0v) is 21.8. The van der Waals surface area contributed by atoms with E-state index in [0.717, 1.165) is 23.1 Å². The van der Waals surface area contributed by atoms with Crippen molar-refractivity contribution < 1.29 is 19.1 Å². The van der Waals surface area contributed by atoms with Crippen LogP contribution in [0.25, 0.3) is 0 Å². The second-order valence-corrected chi connectivity index (χ2v) is 11.4. The Morgan fingerprint density at radius 1 is 1.06 bits per heavy atom. The highest BCUT2D eigenvalue weighted by Gasteiger charge is 2.48. The Hall–Kier alpha value is -2.57. The zero-order chi connectivity index (χ0) is 25.3. The first-order chi connectivity index (χ1) is 15.0. The highest BCUT2D eigenvalue weighted by molar-refractivity contribution is 5.92. The number of ether oxygens (including phenoxy) is 1. The number of aryl methyl sites for hydroxylation is 2. The zero-order valence-electron chi connectivity index (χ0n) is 21.8. The van der Waals surface area contributed by atoms with Gasteiger partial charge in [0, 0.05) is 11.6 Å². The number of nitrogens with zero attached hydrogens (tertiary/aromatic N) is 1. The quantitative estimate of drug-likeness (QED) is 0.660. The molecule has 0 aliphatic heterocycles. The summed E-state index contributed by atoms with van der Waals surface area (Å²) in [6, 6.07) is 4.15. The van der Waals surface area contributed by atoms with Crippen LogP contribution in [0.4, 0.5) is 4.79 Å². The summed E-state index contributed by atoms with van der Waals surface area (Å²) in [7, 11) is 0. The first kappa shape index (κ1) is 26.7. The van der Waals surface area contributed by atoms with Crippen LogP contribution in [-0.4, -0.2) is 46.0 Å². The fraction of sp³-hybridized carbons (Fsp3) is 0.654. The van der Waals surface area contributed by atoms with Gasteiger partial charge in [0.25, 0.3) is 0 Å². The first-order valence-corrected chi connectivity index (χ1v) is 11.7. The van der Waals surface area contributed by atoms with Crippen LogP contribution in [0.15, 0.2) is 18.2 Å². The molecule has 0 bridgehead atoms. The molecule has 1 saturated carbocycles. The largest absolute Gasteiger partial charge is 0.444 e. The van der Waals surface area contributed by atoms with Gasteiger partial charge in [-0.15, -0.1) is 0 Å². The molecule has 4 unspecified atom stereocenters. The SMILES string of the molecule is Cc1ccc(C(C(=O)NC(C)(C)C)N(C(=O)C(C)NC(=O)OC(C)(C)C)C2CC2C)cc1C. The highest BCUT2D eigenvalue weighted by Crippen LogP contribution is 2.41. The van der Waals surface area contributed by atoms with Gasteiger partial charge < -0.3 is 20.3 Å². The maximum Gasteiger partial charge on any atom is 0.408 e. The van der Waals surface area contributed by atoms with E-state index in [1.807, 2.05) is 52.8 Å². The van der Waals surface area contributed by atoms with Crippen molar-refractivity contribution in [3.05, 3.63) is 34.9 Å². The Balaban J connectivity index is 2.43. The molecule has 4 atom stereocenters. The lowest BCUT2D eigenvalue weighted by Crippen LogP contribution is -2.54. The van der Waals surface area contributed by atoms with Gasteiger partial charge in [0.2, 0.25) is 11.8 Å². The Morgan fingerprint density at radius 3 is 2.09 bits per heavy atom. The molecule has 0 radical (unpaired) electrons. The summed E-state index contributed by atoms with van der Waals surface area (Å²) in [6.45, 7) is 18.8. The molecule has 0 saturated heterocycles. The van der Waals surface area contributed by atoms with E-state index < -0.39 is 29.3 Å². The molecule has 3 amide bonds. The van der Waals surface area contributed by atoms with Crippen LogP contribution in [-0.2, 0) is 14.3 Å². The first-order valence-electron chi connectivity index (χ1n) is 11.7. The van der Waals surface area contributed by atoms with Crippen LogP contribution in [0.2, 0.25) is 0 Å². The molecular formula is C26H41N3O4. The van der Waals surface area contributed by atoms with Gasteiger partial charge in [-0.1, -0.05) is 25.1 Å². The molecule has 7 nitrogen and oxygen atoms in total. The summed E-state index contributed by atoms with van der Waals surface area (Å²) in [4.78, 5) is 41.2. The van der Waals surface area contributed by atoms with Gasteiger partial charge in [-0.25, -0.2) is 4.79 Å². The van der Waals surface area contributed by atoms with Crippen molar-refractivity contribution in [1.29, 1.82) is 0 Å². The fourth-order valence-electron chi connectivity index (χ4n) is 3.75. The average molecular weight is 460 g/mol. The number of carbonyl (C=O) groups excluding carboxylic acids is 3. The van der Waals surface area contributed by atoms with E-state index in [2.05, 4.69) is 17.6 Å². The lowest BCUT2D eigenvalue weighted by Gasteiger charge is -2.36. The Kier molecular flexibility index (Phi) is 7.87. The maximum absolute atomic E-state index is 13.7. The van der Waals surface area contributed by atoms with E-state index >= 15 is 0 Å². The Labute approximate surface area is 198 Å². The molecule has 1 aromatic carbocycles. The second-order valence-electron chi connectivity index (χ2n) is 11.4. The number of hydrogen-bond acceptors (Lipinski definition) is 4. The normalized spacial score (nSPS) is 19.8. The number of benzene rings is 1. The predicted octanol–water partition coefficient (Wildman–Crippen LogP) is 4.41. The topological polar surface area (TPSA) is 87.7 Å². The number of carbonyl (C=O) groups is 3. The molecule has 0 aromatic heterocycles. The smallest absolute Gasteiger partial charge is 0.408 e. The molecular weight excluding hydrogens is 418 g/mol. The minimum absolute atomic E-state index is 0.0716. The maximum atomic E-state index is 13.7.